The van der Waals surface area contributed by atoms with Crippen molar-refractivity contribution in [2.24, 2.45) is 5.73 Å². The normalized spacial score (nSPS) is 11.3. The van der Waals surface area contributed by atoms with Crippen molar-refractivity contribution in [2.75, 3.05) is 20.6 Å². The van der Waals surface area contributed by atoms with Crippen molar-refractivity contribution in [3.05, 3.63) is 52.0 Å². The molecule has 8 heteroatoms. The first-order chi connectivity index (χ1) is 10.1. The Bertz CT molecular complexity index is 592. The van der Waals surface area contributed by atoms with Crippen LogP contribution in [0.15, 0.2) is 35.7 Å². The fourth-order valence-electron chi connectivity index (χ4n) is 2.03. The zero-order chi connectivity index (χ0) is 15.2. The maximum atomic E-state index is 12.3. The van der Waals surface area contributed by atoms with Crippen LogP contribution in [0.5, 0.6) is 0 Å². The van der Waals surface area contributed by atoms with Gasteiger partial charge in [-0.3, -0.25) is 4.79 Å². The Morgan fingerprint density at radius 1 is 1.30 bits per heavy atom. The quantitative estimate of drug-likeness (QED) is 0.812. The molecule has 0 aliphatic rings. The van der Waals surface area contributed by atoms with Crippen molar-refractivity contribution in [1.82, 2.24) is 15.2 Å². The van der Waals surface area contributed by atoms with E-state index in [0.29, 0.717) is 12.2 Å². The molecule has 1 aromatic carbocycles. The fourth-order valence-corrected chi connectivity index (χ4v) is 2.68. The first kappa shape index (κ1) is 21.8. The zero-order valence-corrected chi connectivity index (χ0v) is 15.5. The highest BCUT2D eigenvalue weighted by atomic mass is 35.5. The molecule has 0 saturated heterocycles. The van der Waals surface area contributed by atoms with Gasteiger partial charge >= 0.3 is 0 Å². The van der Waals surface area contributed by atoms with Gasteiger partial charge < -0.3 is 16.0 Å². The van der Waals surface area contributed by atoms with E-state index >= 15 is 0 Å². The minimum absolute atomic E-state index is 0. The molecule has 0 aliphatic carbocycles. The molecular weight excluding hydrogens is 355 g/mol. The number of aromatic nitrogens is 1. The second-order valence-electron chi connectivity index (χ2n) is 5.03. The molecule has 0 spiro atoms. The number of hydrogen-bond acceptors (Lipinski definition) is 5. The Hall–Kier alpha value is -1.18. The van der Waals surface area contributed by atoms with Gasteiger partial charge in [-0.05, 0) is 19.7 Å². The van der Waals surface area contributed by atoms with Crippen LogP contribution in [0.25, 0.3) is 0 Å². The maximum absolute atomic E-state index is 12.3. The van der Waals surface area contributed by atoms with Crippen LogP contribution in [0.4, 0.5) is 0 Å². The molecular formula is C15H22Cl2N4OS. The van der Waals surface area contributed by atoms with Gasteiger partial charge in [-0.25, -0.2) is 4.98 Å². The number of nitrogens with zero attached hydrogens (tertiary/aromatic N) is 2. The number of benzene rings is 1. The summed E-state index contributed by atoms with van der Waals surface area (Å²) >= 11 is 1.41. The number of carbonyl (C=O) groups excluding carboxylic acids is 1. The molecule has 1 heterocycles. The number of carbonyl (C=O) groups is 1. The average molecular weight is 377 g/mol. The van der Waals surface area contributed by atoms with Crippen LogP contribution in [0.3, 0.4) is 0 Å². The number of halogens is 2. The lowest BCUT2D eigenvalue weighted by atomic mass is 10.1. The smallest absolute Gasteiger partial charge is 0.271 e. The maximum Gasteiger partial charge on any atom is 0.271 e. The number of nitrogens with one attached hydrogen (secondary N) is 1. The minimum atomic E-state index is -0.165. The lowest BCUT2D eigenvalue weighted by Crippen LogP contribution is -2.35. The van der Waals surface area contributed by atoms with E-state index in [1.807, 2.05) is 49.3 Å². The molecule has 1 unspecified atom stereocenters. The van der Waals surface area contributed by atoms with Crippen LogP contribution in [-0.4, -0.2) is 36.4 Å². The number of likely N-dealkylation sites (N-methyl/N-ethyl adjacent to an activating group) is 1. The van der Waals surface area contributed by atoms with E-state index in [1.54, 1.807) is 5.38 Å². The molecule has 0 saturated carbocycles. The number of nitrogens with two attached hydrogens (primary N) is 1. The Balaban J connectivity index is 0.00000242. The second kappa shape index (κ2) is 10.6. The van der Waals surface area contributed by atoms with Gasteiger partial charge in [0.05, 0.1) is 6.04 Å². The standard InChI is InChI=1S/C15H20N4OS.2ClH/c1-19(2)9-12(11-6-4-3-5-7-11)18-15(20)13-10-21-14(8-16)17-13;;/h3-7,10,12H,8-9,16H2,1-2H3,(H,18,20);2*1H. The van der Waals surface area contributed by atoms with Crippen molar-refractivity contribution >= 4 is 42.1 Å². The summed E-state index contributed by atoms with van der Waals surface area (Å²) in [7, 11) is 3.97. The lowest BCUT2D eigenvalue weighted by Gasteiger charge is -2.22. The number of amides is 1. The first-order valence-electron chi connectivity index (χ1n) is 6.75. The van der Waals surface area contributed by atoms with Gasteiger partial charge in [-0.2, -0.15) is 0 Å². The van der Waals surface area contributed by atoms with Crippen molar-refractivity contribution in [3.63, 3.8) is 0 Å². The number of rotatable bonds is 6. The molecule has 3 N–H and O–H groups in total. The highest BCUT2D eigenvalue weighted by Crippen LogP contribution is 2.15. The minimum Gasteiger partial charge on any atom is -0.343 e. The van der Waals surface area contributed by atoms with E-state index in [9.17, 15) is 4.79 Å². The van der Waals surface area contributed by atoms with E-state index in [1.165, 1.54) is 11.3 Å². The van der Waals surface area contributed by atoms with Crippen LogP contribution >= 0.6 is 36.2 Å². The summed E-state index contributed by atoms with van der Waals surface area (Å²) in [5.74, 6) is -0.165. The van der Waals surface area contributed by atoms with E-state index in [0.717, 1.165) is 17.1 Å². The summed E-state index contributed by atoms with van der Waals surface area (Å²) in [6, 6.07) is 9.86. The summed E-state index contributed by atoms with van der Waals surface area (Å²) in [5.41, 5.74) is 7.04. The molecule has 1 amide bonds. The predicted molar refractivity (Wildman–Crippen MR) is 99.7 cm³/mol. The second-order valence-corrected chi connectivity index (χ2v) is 5.97. The molecule has 0 fully saturated rings. The molecule has 23 heavy (non-hydrogen) atoms. The Kier molecular flexibility index (Phi) is 10.0. The van der Waals surface area contributed by atoms with Gasteiger partial charge in [0.2, 0.25) is 0 Å². The number of hydrogen-bond donors (Lipinski definition) is 2. The summed E-state index contributed by atoms with van der Waals surface area (Å²) in [4.78, 5) is 18.6. The third kappa shape index (κ3) is 6.45. The van der Waals surface area contributed by atoms with Gasteiger partial charge in [0.25, 0.3) is 5.91 Å². The van der Waals surface area contributed by atoms with E-state index in [-0.39, 0.29) is 36.8 Å². The van der Waals surface area contributed by atoms with Crippen molar-refractivity contribution in [1.29, 1.82) is 0 Å². The van der Waals surface area contributed by atoms with E-state index in [2.05, 4.69) is 10.3 Å². The molecule has 2 rings (SSSR count). The van der Waals surface area contributed by atoms with Crippen molar-refractivity contribution in [3.8, 4) is 0 Å². The summed E-state index contributed by atoms with van der Waals surface area (Å²) in [6.45, 7) is 1.08. The van der Waals surface area contributed by atoms with E-state index < -0.39 is 0 Å². The molecule has 0 bridgehead atoms. The Morgan fingerprint density at radius 3 is 2.48 bits per heavy atom. The van der Waals surface area contributed by atoms with Gasteiger partial charge in [0.1, 0.15) is 10.7 Å². The average Bonchev–Trinajstić information content (AvgIpc) is 2.96. The van der Waals surface area contributed by atoms with Crippen molar-refractivity contribution in [2.45, 2.75) is 12.6 Å². The zero-order valence-electron chi connectivity index (χ0n) is 13.1. The highest BCUT2D eigenvalue weighted by Gasteiger charge is 2.18. The molecule has 2 aromatic rings. The Morgan fingerprint density at radius 2 is 1.96 bits per heavy atom. The lowest BCUT2D eigenvalue weighted by molar-refractivity contribution is 0.0925. The fraction of sp³-hybridized carbons (Fsp3) is 0.333. The summed E-state index contributed by atoms with van der Waals surface area (Å²) < 4.78 is 0. The largest absolute Gasteiger partial charge is 0.343 e. The van der Waals surface area contributed by atoms with Gasteiger partial charge in [-0.1, -0.05) is 30.3 Å². The molecule has 1 atom stereocenters. The monoisotopic (exact) mass is 376 g/mol. The van der Waals surface area contributed by atoms with Gasteiger partial charge in [0, 0.05) is 18.5 Å². The third-order valence-electron chi connectivity index (χ3n) is 3.01. The molecule has 5 nitrogen and oxygen atoms in total. The van der Waals surface area contributed by atoms with E-state index in [4.69, 9.17) is 5.73 Å². The predicted octanol–water partition coefficient (Wildman–Crippen LogP) is 2.48. The molecule has 1 aromatic heterocycles. The van der Waals surface area contributed by atoms with Gasteiger partial charge in [-0.15, -0.1) is 36.2 Å². The summed E-state index contributed by atoms with van der Waals surface area (Å²) in [6.07, 6.45) is 0. The van der Waals surface area contributed by atoms with Crippen molar-refractivity contribution < 1.29 is 4.79 Å². The third-order valence-corrected chi connectivity index (χ3v) is 3.89. The summed E-state index contributed by atoms with van der Waals surface area (Å²) in [5, 5.41) is 5.55. The SMILES string of the molecule is CN(C)CC(NC(=O)c1csc(CN)n1)c1ccccc1.Cl.Cl. The van der Waals surface area contributed by atoms with Crippen LogP contribution < -0.4 is 11.1 Å². The Labute approximate surface area is 153 Å². The topological polar surface area (TPSA) is 71.2 Å². The molecule has 0 aliphatic heterocycles. The van der Waals surface area contributed by atoms with Crippen LogP contribution in [0, 0.1) is 0 Å². The van der Waals surface area contributed by atoms with Crippen LogP contribution in [0.2, 0.25) is 0 Å². The number of thiazole rings is 1. The first-order valence-corrected chi connectivity index (χ1v) is 7.63. The van der Waals surface area contributed by atoms with Crippen LogP contribution in [0.1, 0.15) is 27.1 Å². The molecule has 0 radical (unpaired) electrons. The van der Waals surface area contributed by atoms with Crippen LogP contribution in [-0.2, 0) is 6.54 Å². The highest BCUT2D eigenvalue weighted by molar-refractivity contribution is 7.09. The molecule has 128 valence electrons. The van der Waals surface area contributed by atoms with Gasteiger partial charge in [0.15, 0.2) is 0 Å².